The molecule has 7 heteroatoms. The second-order valence-electron chi connectivity index (χ2n) is 1.92. The molecule has 0 bridgehead atoms. The summed E-state index contributed by atoms with van der Waals surface area (Å²) < 4.78 is 0. The van der Waals surface area contributed by atoms with Crippen molar-refractivity contribution in [2.24, 2.45) is 0 Å². The molecule has 4 nitrogen and oxygen atoms in total. The molecule has 0 spiro atoms. The predicted molar refractivity (Wildman–Crippen MR) is 73.2 cm³/mol. The Morgan fingerprint density at radius 2 is 1.65 bits per heavy atom. The normalized spacial score (nSPS) is 12.8. The fraction of sp³-hybridized carbons (Fsp3) is 0.100. The van der Waals surface area contributed by atoms with Crippen molar-refractivity contribution in [1.82, 2.24) is 0 Å². The van der Waals surface area contributed by atoms with E-state index in [2.05, 4.69) is 44.2 Å². The van der Waals surface area contributed by atoms with Gasteiger partial charge in [0.2, 0.25) is 0 Å². The van der Waals surface area contributed by atoms with Crippen molar-refractivity contribution in [3.05, 3.63) is 40.8 Å². The first kappa shape index (κ1) is 25.3. The zero-order chi connectivity index (χ0) is 13.4. The molecule has 0 aliphatic carbocycles. The largest absolute Gasteiger partial charge is 0.661 e. The summed E-state index contributed by atoms with van der Waals surface area (Å²) in [5.74, 6) is 1.92. The molecule has 2 atom stereocenters. The zero-order valence-electron chi connectivity index (χ0n) is 8.95. The number of rotatable bonds is 1. The first-order chi connectivity index (χ1) is 7.86. The molecule has 0 fully saturated rings. The molecule has 1 aliphatic rings. The van der Waals surface area contributed by atoms with Crippen LogP contribution in [0.5, 0.6) is 0 Å². The minimum Gasteiger partial charge on any atom is -0.661 e. The molecule has 1 rings (SSSR count). The van der Waals surface area contributed by atoms with E-state index < -0.39 is 0 Å². The molecule has 1 aliphatic heterocycles. The fourth-order valence-corrected chi connectivity index (χ4v) is 1.12. The summed E-state index contributed by atoms with van der Waals surface area (Å²) >= 11 is 0. The number of carbonyl (C=O) groups excluding carboxylic acids is 3. The third-order valence-corrected chi connectivity index (χ3v) is 1.97. The van der Waals surface area contributed by atoms with Gasteiger partial charge in [-0.15, -0.1) is 24.2 Å². The Bertz CT molecular complexity index is 253. The van der Waals surface area contributed by atoms with E-state index in [0.717, 1.165) is 17.6 Å². The first-order valence-electron chi connectivity index (χ1n) is 3.78. The molecule has 0 saturated carbocycles. The summed E-state index contributed by atoms with van der Waals surface area (Å²) in [6, 6.07) is 0. The standard InChI is InChI=1S/C7H10NP2.3CHO.Mn/c9-4-6-2-1-3-7(5-10)8-6;3*1-2;/h1-4H,5,9-10H2;3*1H;/q4*-1;/b6-4-;;;;. The van der Waals surface area contributed by atoms with Crippen LogP contribution in [0.15, 0.2) is 35.4 Å². The van der Waals surface area contributed by atoms with Crippen LogP contribution in [0.1, 0.15) is 0 Å². The topological polar surface area (TPSA) is 65.3 Å². The average molecular weight is 312 g/mol. The van der Waals surface area contributed by atoms with Gasteiger partial charge in [0, 0.05) is 17.1 Å². The summed E-state index contributed by atoms with van der Waals surface area (Å²) in [5, 5.41) is 4.31. The summed E-state index contributed by atoms with van der Waals surface area (Å²) in [6.45, 7) is 9.75. The van der Waals surface area contributed by atoms with Crippen LogP contribution < -0.4 is 0 Å². The minimum absolute atomic E-state index is 0. The van der Waals surface area contributed by atoms with E-state index in [1.54, 1.807) is 0 Å². The smallest absolute Gasteiger partial charge is 0 e. The third-order valence-electron chi connectivity index (χ3n) is 1.21. The van der Waals surface area contributed by atoms with E-state index in [9.17, 15) is 0 Å². The maximum atomic E-state index is 7.75. The van der Waals surface area contributed by atoms with E-state index in [0.29, 0.717) is 0 Å². The summed E-state index contributed by atoms with van der Waals surface area (Å²) in [5.41, 5.74) is 2.13. The fourth-order valence-electron chi connectivity index (χ4n) is 0.705. The Morgan fingerprint density at radius 3 is 2.00 bits per heavy atom. The number of hydrogen-bond donors (Lipinski definition) is 0. The molecule has 97 valence electrons. The molecule has 17 heavy (non-hydrogen) atoms. The quantitative estimate of drug-likeness (QED) is 0.319. The number of nitrogens with zero attached hydrogens (tertiary/aromatic N) is 1. The molecule has 0 aromatic heterocycles. The van der Waals surface area contributed by atoms with Crippen LogP contribution in [0, 0.1) is 0 Å². The maximum Gasteiger partial charge on any atom is 0 e. The molecular formula is C10H13MnNO3P2-4. The van der Waals surface area contributed by atoms with Crippen LogP contribution in [0.2, 0.25) is 0 Å². The third kappa shape index (κ3) is 15.4. The van der Waals surface area contributed by atoms with E-state index in [1.165, 1.54) is 0 Å². The molecule has 0 N–H and O–H groups in total. The second-order valence-corrected chi connectivity index (χ2v) is 2.67. The first-order valence-corrected chi connectivity index (χ1v) is 5.27. The molecule has 0 aromatic rings. The van der Waals surface area contributed by atoms with Gasteiger partial charge in [0.25, 0.3) is 0 Å². The predicted octanol–water partition coefficient (Wildman–Crippen LogP) is 1.58. The van der Waals surface area contributed by atoms with E-state index in [-0.39, 0.29) is 17.1 Å². The summed E-state index contributed by atoms with van der Waals surface area (Å²) in [6.07, 6.45) is 6.94. The van der Waals surface area contributed by atoms with Crippen molar-refractivity contribution >= 4 is 38.8 Å². The Kier molecular flexibility index (Phi) is 36.6. The molecule has 0 amide bonds. The zero-order valence-corrected chi connectivity index (χ0v) is 12.4. The Balaban J connectivity index is -0.000000106. The molecule has 0 saturated heterocycles. The van der Waals surface area contributed by atoms with Crippen LogP contribution in [0.25, 0.3) is 5.32 Å². The van der Waals surface area contributed by atoms with E-state index in [1.807, 2.05) is 24.0 Å². The van der Waals surface area contributed by atoms with Gasteiger partial charge in [-0.2, -0.15) is 5.70 Å². The van der Waals surface area contributed by atoms with Gasteiger partial charge in [0.05, 0.1) is 0 Å². The van der Waals surface area contributed by atoms with Gasteiger partial charge in [0.15, 0.2) is 0 Å². The molecule has 2 unspecified atom stereocenters. The van der Waals surface area contributed by atoms with Gasteiger partial charge in [-0.1, -0.05) is 24.0 Å². The van der Waals surface area contributed by atoms with Crippen molar-refractivity contribution < 1.29 is 31.5 Å². The molecular weight excluding hydrogens is 299 g/mol. The summed E-state index contributed by atoms with van der Waals surface area (Å²) in [4.78, 5) is 23.2. The second kappa shape index (κ2) is 24.6. The van der Waals surface area contributed by atoms with Crippen LogP contribution in [-0.2, 0) is 31.5 Å². The molecule has 1 radical (unpaired) electrons. The SMILES string of the molecule is P/C=C1/C=CC=C(CP)[N-]1.[CH-]=O.[CH-]=O.[CH-]=O.[Mn]. The number of allylic oxidation sites excluding steroid dienone is 4. The van der Waals surface area contributed by atoms with Gasteiger partial charge in [-0.25, -0.2) is 0 Å². The molecule has 0 aromatic carbocycles. The van der Waals surface area contributed by atoms with Crippen molar-refractivity contribution in [3.8, 4) is 0 Å². The van der Waals surface area contributed by atoms with Crippen molar-refractivity contribution in [2.45, 2.75) is 0 Å². The molecule has 1 heterocycles. The maximum absolute atomic E-state index is 7.75. The van der Waals surface area contributed by atoms with Gasteiger partial charge < -0.3 is 19.7 Å². The van der Waals surface area contributed by atoms with Crippen molar-refractivity contribution in [3.63, 3.8) is 0 Å². The van der Waals surface area contributed by atoms with Gasteiger partial charge in [0.1, 0.15) is 0 Å². The van der Waals surface area contributed by atoms with Gasteiger partial charge >= 0.3 is 0 Å². The Hall–Kier alpha value is -0.591. The number of hydrogen-bond acceptors (Lipinski definition) is 3. The van der Waals surface area contributed by atoms with Gasteiger partial charge in [-0.3, -0.25) is 20.4 Å². The summed E-state index contributed by atoms with van der Waals surface area (Å²) in [7, 11) is 5.20. The van der Waals surface area contributed by atoms with E-state index in [4.69, 9.17) is 14.4 Å². The van der Waals surface area contributed by atoms with Crippen molar-refractivity contribution in [1.29, 1.82) is 0 Å². The minimum atomic E-state index is 0. The van der Waals surface area contributed by atoms with Crippen LogP contribution in [0.4, 0.5) is 0 Å². The Morgan fingerprint density at radius 1 is 1.18 bits per heavy atom. The van der Waals surface area contributed by atoms with Crippen LogP contribution >= 0.6 is 18.5 Å². The Labute approximate surface area is 117 Å². The van der Waals surface area contributed by atoms with Gasteiger partial charge in [-0.05, 0) is 6.16 Å². The van der Waals surface area contributed by atoms with Crippen LogP contribution in [-0.4, -0.2) is 26.5 Å². The van der Waals surface area contributed by atoms with Crippen molar-refractivity contribution in [2.75, 3.05) is 6.16 Å². The average Bonchev–Trinajstić information content (AvgIpc) is 2.45. The monoisotopic (exact) mass is 312 g/mol. The van der Waals surface area contributed by atoms with Crippen LogP contribution in [0.3, 0.4) is 0 Å². The van der Waals surface area contributed by atoms with E-state index >= 15 is 0 Å².